The van der Waals surface area contributed by atoms with Crippen molar-refractivity contribution in [1.82, 2.24) is 9.99 Å². The fourth-order valence-electron chi connectivity index (χ4n) is 7.82. The Hall–Kier alpha value is -3.58. The summed E-state index contributed by atoms with van der Waals surface area (Å²) < 4.78 is 1.93. The van der Waals surface area contributed by atoms with Crippen LogP contribution in [0.5, 0.6) is 0 Å². The number of urea groups is 1. The third-order valence-electron chi connectivity index (χ3n) is 9.07. The summed E-state index contributed by atoms with van der Waals surface area (Å²) in [7, 11) is 0. The summed E-state index contributed by atoms with van der Waals surface area (Å²) in [5.41, 5.74) is 8.35. The van der Waals surface area contributed by atoms with Crippen LogP contribution in [0.4, 0.5) is 10.5 Å². The number of aromatic nitrogens is 1. The van der Waals surface area contributed by atoms with Gasteiger partial charge in [0.1, 0.15) is 0 Å². The van der Waals surface area contributed by atoms with E-state index >= 15 is 0 Å². The molecule has 4 fully saturated rings. The van der Waals surface area contributed by atoms with Crippen molar-refractivity contribution in [3.8, 4) is 5.69 Å². The van der Waals surface area contributed by atoms with E-state index in [1.165, 1.54) is 44.1 Å². The van der Waals surface area contributed by atoms with Crippen molar-refractivity contribution in [2.45, 2.75) is 57.8 Å². The van der Waals surface area contributed by atoms with Crippen LogP contribution in [0.1, 0.15) is 71.4 Å². The molecule has 4 aliphatic rings. The lowest BCUT2D eigenvalue weighted by molar-refractivity contribution is -0.00518. The number of benzene rings is 2. The van der Waals surface area contributed by atoms with Crippen molar-refractivity contribution >= 4 is 35.5 Å². The van der Waals surface area contributed by atoms with Crippen LogP contribution in [0.15, 0.2) is 53.6 Å². The van der Waals surface area contributed by atoms with E-state index in [0.29, 0.717) is 11.1 Å². The molecule has 0 aliphatic heterocycles. The van der Waals surface area contributed by atoms with E-state index in [0.717, 1.165) is 40.4 Å². The number of aryl methyl sites for hydroxylation is 1. The fraction of sp³-hybridized carbons (Fsp3) is 0.387. The van der Waals surface area contributed by atoms with E-state index in [4.69, 9.17) is 11.6 Å². The molecule has 2 aromatic carbocycles. The quantitative estimate of drug-likeness (QED) is 0.229. The number of halogens is 1. The maximum Gasteiger partial charge on any atom is 0.339 e. The van der Waals surface area contributed by atoms with E-state index in [9.17, 15) is 14.7 Å². The van der Waals surface area contributed by atoms with Crippen LogP contribution in [0.2, 0.25) is 5.02 Å². The first-order valence-electron chi connectivity index (χ1n) is 13.6. The number of nitrogens with one attached hydrogen (secondary N) is 2. The molecule has 3 aromatic rings. The van der Waals surface area contributed by atoms with E-state index in [1.807, 2.05) is 36.6 Å². The Morgan fingerprint density at radius 3 is 2.26 bits per heavy atom. The van der Waals surface area contributed by atoms with Crippen LogP contribution in [0, 0.1) is 31.6 Å². The van der Waals surface area contributed by atoms with Crippen LogP contribution in [0.25, 0.3) is 5.69 Å². The lowest BCUT2D eigenvalue weighted by Gasteiger charge is -2.57. The number of carboxylic acid groups (broad SMARTS) is 1. The number of hydrogen-bond donors (Lipinski definition) is 3. The number of aromatic carboxylic acids is 1. The Bertz CT molecular complexity index is 1440. The van der Waals surface area contributed by atoms with Gasteiger partial charge in [0.15, 0.2) is 0 Å². The van der Waals surface area contributed by atoms with Crippen molar-refractivity contribution in [3.05, 3.63) is 81.6 Å². The highest BCUT2D eigenvalue weighted by Crippen LogP contribution is 2.60. The number of carboxylic acids is 1. The van der Waals surface area contributed by atoms with Crippen LogP contribution in [-0.2, 0) is 5.41 Å². The van der Waals surface area contributed by atoms with Crippen molar-refractivity contribution in [2.24, 2.45) is 22.9 Å². The monoisotopic (exact) mass is 544 g/mol. The molecule has 0 radical (unpaired) electrons. The number of anilines is 1. The molecule has 202 valence electrons. The normalized spacial score (nSPS) is 25.3. The molecule has 4 bridgehead atoms. The van der Waals surface area contributed by atoms with Crippen LogP contribution in [-0.4, -0.2) is 27.9 Å². The number of hydrogen-bond acceptors (Lipinski definition) is 3. The van der Waals surface area contributed by atoms with Gasteiger partial charge in [0.2, 0.25) is 0 Å². The summed E-state index contributed by atoms with van der Waals surface area (Å²) in [6, 6.07) is 14.8. The average molecular weight is 545 g/mol. The molecule has 39 heavy (non-hydrogen) atoms. The highest BCUT2D eigenvalue weighted by Gasteiger charge is 2.51. The van der Waals surface area contributed by atoms with Gasteiger partial charge in [-0.1, -0.05) is 23.7 Å². The second-order valence-corrected chi connectivity index (χ2v) is 12.1. The second-order valence-electron chi connectivity index (χ2n) is 11.7. The zero-order valence-electron chi connectivity index (χ0n) is 22.2. The van der Waals surface area contributed by atoms with E-state index in [-0.39, 0.29) is 10.6 Å². The first-order valence-corrected chi connectivity index (χ1v) is 14.0. The number of amides is 2. The lowest BCUT2D eigenvalue weighted by atomic mass is 9.48. The standard InChI is InChI=1S/C31H33ClN4O3/c1-18-9-23(19(2)36(18)26-7-8-28(32)27(13-26)29(37)38)17-33-35-30(39)34-25-5-3-24(4-6-25)31-14-20-10-21(15-31)12-22(11-20)16-31/h3-9,13,17,20-22H,10-12,14-16H2,1-2H3,(H,37,38)(H2,34,35,39)/b33-17+. The number of hydrazone groups is 1. The molecular formula is C31H33ClN4O3. The Labute approximate surface area is 233 Å². The molecule has 0 atom stereocenters. The summed E-state index contributed by atoms with van der Waals surface area (Å²) in [6.07, 6.45) is 9.83. The maximum atomic E-state index is 12.5. The van der Waals surface area contributed by atoms with Gasteiger partial charge in [0.25, 0.3) is 0 Å². The number of nitrogens with zero attached hydrogens (tertiary/aromatic N) is 2. The van der Waals surface area contributed by atoms with Crippen molar-refractivity contribution in [3.63, 3.8) is 0 Å². The number of carbonyl (C=O) groups is 2. The maximum absolute atomic E-state index is 12.5. The predicted molar refractivity (Wildman–Crippen MR) is 153 cm³/mol. The molecule has 0 saturated heterocycles. The highest BCUT2D eigenvalue weighted by atomic mass is 35.5. The Kier molecular flexibility index (Phi) is 6.50. The molecule has 7 rings (SSSR count). The van der Waals surface area contributed by atoms with Gasteiger partial charge in [-0.05, 0) is 118 Å². The van der Waals surface area contributed by atoms with Crippen LogP contribution in [0.3, 0.4) is 0 Å². The molecule has 7 nitrogen and oxygen atoms in total. The minimum absolute atomic E-state index is 0.0428. The summed E-state index contributed by atoms with van der Waals surface area (Å²) in [4.78, 5) is 24.0. The SMILES string of the molecule is Cc1cc(/C=N/NC(=O)Nc2ccc(C34CC5CC(CC(C5)C3)C4)cc2)c(C)n1-c1ccc(Cl)c(C(=O)O)c1. The minimum Gasteiger partial charge on any atom is -0.478 e. The third kappa shape index (κ3) is 4.84. The minimum atomic E-state index is -1.08. The topological polar surface area (TPSA) is 95.7 Å². The second kappa shape index (κ2) is 9.87. The largest absolute Gasteiger partial charge is 0.478 e. The molecule has 0 spiro atoms. The van der Waals surface area contributed by atoms with Crippen molar-refractivity contribution in [1.29, 1.82) is 0 Å². The summed E-state index contributed by atoms with van der Waals surface area (Å²) in [5.74, 6) is 1.62. The molecule has 2 amide bonds. The van der Waals surface area contributed by atoms with Gasteiger partial charge >= 0.3 is 12.0 Å². The molecule has 3 N–H and O–H groups in total. The average Bonchev–Trinajstić information content (AvgIpc) is 3.16. The number of carbonyl (C=O) groups excluding carboxylic acids is 1. The summed E-state index contributed by atoms with van der Waals surface area (Å²) >= 11 is 6.03. The fourth-order valence-corrected chi connectivity index (χ4v) is 8.02. The van der Waals surface area contributed by atoms with Gasteiger partial charge in [-0.25, -0.2) is 15.0 Å². The Morgan fingerprint density at radius 1 is 1.00 bits per heavy atom. The van der Waals surface area contributed by atoms with E-state index < -0.39 is 12.0 Å². The highest BCUT2D eigenvalue weighted by molar-refractivity contribution is 6.33. The zero-order chi connectivity index (χ0) is 27.3. The Balaban J connectivity index is 1.10. The molecule has 4 aliphatic carbocycles. The van der Waals surface area contributed by atoms with Gasteiger partial charge in [-0.2, -0.15) is 5.10 Å². The van der Waals surface area contributed by atoms with Gasteiger partial charge in [-0.3, -0.25) is 0 Å². The van der Waals surface area contributed by atoms with Gasteiger partial charge in [0.05, 0.1) is 16.8 Å². The van der Waals surface area contributed by atoms with Crippen molar-refractivity contribution in [2.75, 3.05) is 5.32 Å². The van der Waals surface area contributed by atoms with E-state index in [2.05, 4.69) is 28.0 Å². The Morgan fingerprint density at radius 2 is 1.64 bits per heavy atom. The summed E-state index contributed by atoms with van der Waals surface area (Å²) in [6.45, 7) is 3.83. The predicted octanol–water partition coefficient (Wildman–Crippen LogP) is 7.07. The first kappa shape index (κ1) is 25.7. The molecular weight excluding hydrogens is 512 g/mol. The third-order valence-corrected chi connectivity index (χ3v) is 9.40. The molecule has 1 heterocycles. The molecule has 8 heteroatoms. The smallest absolute Gasteiger partial charge is 0.339 e. The van der Waals surface area contributed by atoms with Gasteiger partial charge < -0.3 is 15.0 Å². The van der Waals surface area contributed by atoms with Crippen molar-refractivity contribution < 1.29 is 14.7 Å². The van der Waals surface area contributed by atoms with Gasteiger partial charge in [-0.15, -0.1) is 0 Å². The van der Waals surface area contributed by atoms with E-state index in [1.54, 1.807) is 24.4 Å². The lowest BCUT2D eigenvalue weighted by Crippen LogP contribution is -2.48. The number of rotatable bonds is 6. The molecule has 4 saturated carbocycles. The van der Waals surface area contributed by atoms with Gasteiger partial charge in [0, 0.05) is 28.3 Å². The molecule has 0 unspecified atom stereocenters. The first-order chi connectivity index (χ1) is 18.7. The van der Waals surface area contributed by atoms with Crippen LogP contribution >= 0.6 is 11.6 Å². The molecule has 1 aromatic heterocycles. The van der Waals surface area contributed by atoms with Crippen LogP contribution < -0.4 is 10.7 Å². The zero-order valence-corrected chi connectivity index (χ0v) is 23.0. The summed E-state index contributed by atoms with van der Waals surface area (Å²) in [5, 5.41) is 16.6.